The highest BCUT2D eigenvalue weighted by molar-refractivity contribution is 7.89. The van der Waals surface area contributed by atoms with Crippen LogP contribution < -0.4 is 0 Å². The molecule has 96 valence electrons. The molecule has 0 atom stereocenters. The van der Waals surface area contributed by atoms with Gasteiger partial charge in [-0.25, -0.2) is 13.2 Å². The first-order valence-corrected chi connectivity index (χ1v) is 6.68. The number of hydrogen-bond acceptors (Lipinski definition) is 4. The molecule has 0 fully saturated rings. The summed E-state index contributed by atoms with van der Waals surface area (Å²) in [5.74, 6) is -0.592. The van der Waals surface area contributed by atoms with E-state index in [1.54, 1.807) is 13.8 Å². The van der Waals surface area contributed by atoms with Gasteiger partial charge in [0.2, 0.25) is 10.0 Å². The molecular weight excluding hydrogens is 244 g/mol. The maximum absolute atomic E-state index is 12.1. The number of rotatable bonds is 5. The zero-order valence-corrected chi connectivity index (χ0v) is 10.9. The Balaban J connectivity index is 3.08. The van der Waals surface area contributed by atoms with Gasteiger partial charge >= 0.3 is 5.97 Å². The minimum absolute atomic E-state index is 0.0709. The Bertz CT molecular complexity index is 488. The molecule has 0 aliphatic carbocycles. The average Bonchev–Trinajstić information content (AvgIpc) is 2.79. The molecule has 0 amide bonds. The fourth-order valence-corrected chi connectivity index (χ4v) is 2.92. The van der Waals surface area contributed by atoms with Crippen molar-refractivity contribution in [2.24, 2.45) is 0 Å². The third kappa shape index (κ3) is 2.67. The lowest BCUT2D eigenvalue weighted by molar-refractivity contribution is 0.0595. The van der Waals surface area contributed by atoms with Crippen molar-refractivity contribution in [2.45, 2.75) is 18.7 Å². The molecule has 0 radical (unpaired) electrons. The van der Waals surface area contributed by atoms with Crippen LogP contribution >= 0.6 is 0 Å². The molecule has 1 N–H and O–H groups in total. The summed E-state index contributed by atoms with van der Waals surface area (Å²) in [5.41, 5.74) is 0.123. The van der Waals surface area contributed by atoms with E-state index >= 15 is 0 Å². The first-order valence-electron chi connectivity index (χ1n) is 5.24. The highest BCUT2D eigenvalue weighted by Gasteiger charge is 2.24. The smallest absolute Gasteiger partial charge is 0.354 e. The Kier molecular flexibility index (Phi) is 4.30. The van der Waals surface area contributed by atoms with Gasteiger partial charge in [-0.15, -0.1) is 0 Å². The number of methoxy groups -OCH3 is 1. The quantitative estimate of drug-likeness (QED) is 0.795. The third-order valence-electron chi connectivity index (χ3n) is 2.41. The normalized spacial score (nSPS) is 11.8. The first kappa shape index (κ1) is 13.7. The van der Waals surface area contributed by atoms with Gasteiger partial charge in [0.05, 0.1) is 7.11 Å². The van der Waals surface area contributed by atoms with E-state index in [0.717, 1.165) is 0 Å². The van der Waals surface area contributed by atoms with Crippen LogP contribution in [0.15, 0.2) is 17.2 Å². The second-order valence-electron chi connectivity index (χ2n) is 3.33. The Labute approximate surface area is 101 Å². The highest BCUT2D eigenvalue weighted by Crippen LogP contribution is 2.16. The van der Waals surface area contributed by atoms with Gasteiger partial charge in [-0.3, -0.25) is 0 Å². The van der Waals surface area contributed by atoms with Gasteiger partial charge in [0.15, 0.2) is 0 Å². The van der Waals surface area contributed by atoms with Crippen LogP contribution in [0.1, 0.15) is 24.3 Å². The van der Waals surface area contributed by atoms with Crippen LogP contribution in [0.25, 0.3) is 0 Å². The van der Waals surface area contributed by atoms with Gasteiger partial charge < -0.3 is 9.72 Å². The monoisotopic (exact) mass is 260 g/mol. The number of esters is 1. The van der Waals surface area contributed by atoms with Crippen LogP contribution in [0.4, 0.5) is 0 Å². The lowest BCUT2D eigenvalue weighted by Gasteiger charge is -2.16. The first-order chi connectivity index (χ1) is 7.97. The maximum atomic E-state index is 12.1. The van der Waals surface area contributed by atoms with Gasteiger partial charge in [0.25, 0.3) is 0 Å². The summed E-state index contributed by atoms with van der Waals surface area (Å²) < 4.78 is 30.0. The summed E-state index contributed by atoms with van der Waals surface area (Å²) >= 11 is 0. The Hall–Kier alpha value is -1.34. The number of sulfonamides is 1. The summed E-state index contributed by atoms with van der Waals surface area (Å²) in [5, 5.41) is 0. The largest absolute Gasteiger partial charge is 0.464 e. The van der Waals surface area contributed by atoms with E-state index in [2.05, 4.69) is 9.72 Å². The molecule has 0 aliphatic heterocycles. The van der Waals surface area contributed by atoms with Crippen molar-refractivity contribution in [1.29, 1.82) is 0 Å². The van der Waals surface area contributed by atoms with Crippen molar-refractivity contribution >= 4 is 16.0 Å². The van der Waals surface area contributed by atoms with E-state index in [4.69, 9.17) is 0 Å². The zero-order valence-electron chi connectivity index (χ0n) is 10.1. The fourth-order valence-electron chi connectivity index (χ4n) is 1.46. The van der Waals surface area contributed by atoms with E-state index in [0.29, 0.717) is 13.1 Å². The lowest BCUT2D eigenvalue weighted by Crippen LogP contribution is -2.30. The van der Waals surface area contributed by atoms with Crippen molar-refractivity contribution < 1.29 is 17.9 Å². The van der Waals surface area contributed by atoms with Crippen molar-refractivity contribution in [1.82, 2.24) is 9.29 Å². The van der Waals surface area contributed by atoms with Crippen molar-refractivity contribution in [3.8, 4) is 0 Å². The molecule has 0 aliphatic rings. The molecule has 0 aromatic carbocycles. The van der Waals surface area contributed by atoms with Crippen LogP contribution in [0.3, 0.4) is 0 Å². The predicted octanol–water partition coefficient (Wildman–Crippen LogP) is 0.832. The molecule has 0 saturated heterocycles. The number of H-pyrrole nitrogens is 1. The molecule has 0 spiro atoms. The third-order valence-corrected chi connectivity index (χ3v) is 4.43. The number of carbonyl (C=O) groups is 1. The second kappa shape index (κ2) is 5.33. The Morgan fingerprint density at radius 3 is 2.47 bits per heavy atom. The van der Waals surface area contributed by atoms with E-state index < -0.39 is 16.0 Å². The molecule has 6 nitrogen and oxygen atoms in total. The molecule has 1 aromatic rings. The van der Waals surface area contributed by atoms with Crippen molar-refractivity contribution in [3.05, 3.63) is 18.0 Å². The van der Waals surface area contributed by atoms with Crippen LogP contribution in [0.5, 0.6) is 0 Å². The van der Waals surface area contributed by atoms with Gasteiger partial charge in [0.1, 0.15) is 10.6 Å². The molecular formula is C10H16N2O4S. The average molecular weight is 260 g/mol. The molecule has 1 heterocycles. The molecule has 1 aromatic heterocycles. The SMILES string of the molecule is CCN(CC)S(=O)(=O)c1c[nH]c(C(=O)OC)c1. The summed E-state index contributed by atoms with van der Waals surface area (Å²) in [7, 11) is -2.29. The minimum atomic E-state index is -3.53. The number of aromatic amines is 1. The standard InChI is InChI=1S/C10H16N2O4S/c1-4-12(5-2)17(14,15)8-6-9(11-7-8)10(13)16-3/h6-7,11H,4-5H2,1-3H3. The summed E-state index contributed by atoms with van der Waals surface area (Å²) in [6.07, 6.45) is 1.29. The predicted molar refractivity (Wildman–Crippen MR) is 62.2 cm³/mol. The van der Waals surface area contributed by atoms with Crippen molar-refractivity contribution in [3.63, 3.8) is 0 Å². The molecule has 0 unspecified atom stereocenters. The number of carbonyl (C=O) groups excluding carboxylic acids is 1. The molecule has 1 rings (SSSR count). The fraction of sp³-hybridized carbons (Fsp3) is 0.500. The molecule has 7 heteroatoms. The molecule has 17 heavy (non-hydrogen) atoms. The van der Waals surface area contributed by atoms with Crippen LogP contribution in [0, 0.1) is 0 Å². The van der Waals surface area contributed by atoms with E-state index in [-0.39, 0.29) is 10.6 Å². The van der Waals surface area contributed by atoms with Crippen LogP contribution in [-0.2, 0) is 14.8 Å². The van der Waals surface area contributed by atoms with E-state index in [1.165, 1.54) is 23.7 Å². The second-order valence-corrected chi connectivity index (χ2v) is 5.27. The van der Waals surface area contributed by atoms with E-state index in [1.807, 2.05) is 0 Å². The number of hydrogen-bond donors (Lipinski definition) is 1. The highest BCUT2D eigenvalue weighted by atomic mass is 32.2. The van der Waals surface area contributed by atoms with Gasteiger partial charge in [-0.2, -0.15) is 4.31 Å². The number of ether oxygens (including phenoxy) is 1. The van der Waals surface area contributed by atoms with Gasteiger partial charge in [-0.1, -0.05) is 13.8 Å². The number of nitrogens with one attached hydrogen (secondary N) is 1. The Morgan fingerprint density at radius 1 is 1.41 bits per heavy atom. The summed E-state index contributed by atoms with van der Waals surface area (Å²) in [6, 6.07) is 1.28. The van der Waals surface area contributed by atoms with E-state index in [9.17, 15) is 13.2 Å². The minimum Gasteiger partial charge on any atom is -0.464 e. The topological polar surface area (TPSA) is 79.5 Å². The van der Waals surface area contributed by atoms with Crippen LogP contribution in [0.2, 0.25) is 0 Å². The van der Waals surface area contributed by atoms with Gasteiger partial charge in [0, 0.05) is 19.3 Å². The van der Waals surface area contributed by atoms with Crippen molar-refractivity contribution in [2.75, 3.05) is 20.2 Å². The van der Waals surface area contributed by atoms with Crippen LogP contribution in [-0.4, -0.2) is 43.9 Å². The number of aromatic nitrogens is 1. The molecule has 0 bridgehead atoms. The summed E-state index contributed by atoms with van der Waals surface area (Å²) in [6.45, 7) is 4.29. The maximum Gasteiger partial charge on any atom is 0.354 e. The lowest BCUT2D eigenvalue weighted by atomic mass is 10.4. The summed E-state index contributed by atoms with van der Waals surface area (Å²) in [4.78, 5) is 13.9. The van der Waals surface area contributed by atoms with Gasteiger partial charge in [-0.05, 0) is 6.07 Å². The Morgan fingerprint density at radius 2 is 2.00 bits per heavy atom. The molecule has 0 saturated carbocycles. The number of nitrogens with zero attached hydrogens (tertiary/aromatic N) is 1. The zero-order chi connectivity index (χ0) is 13.1.